The molecule has 3 heterocycles. The smallest absolute Gasteiger partial charge is 0.227 e. The molecule has 0 spiro atoms. The molecular formula is C13H16N4O2S. The van der Waals surface area contributed by atoms with Crippen LogP contribution in [-0.4, -0.2) is 40.1 Å². The SMILES string of the molecule is N[C@@H]1CCN(C(=O)CCc2nc(-c3cccs3)no2)C1. The number of hydrogen-bond donors (Lipinski definition) is 1. The van der Waals surface area contributed by atoms with Crippen LogP contribution in [0.1, 0.15) is 18.7 Å². The molecule has 1 aliphatic rings. The summed E-state index contributed by atoms with van der Waals surface area (Å²) in [6.07, 6.45) is 1.75. The molecule has 6 nitrogen and oxygen atoms in total. The Kier molecular flexibility index (Phi) is 3.79. The summed E-state index contributed by atoms with van der Waals surface area (Å²) in [7, 11) is 0. The van der Waals surface area contributed by atoms with Crippen molar-refractivity contribution < 1.29 is 9.32 Å². The number of hydrogen-bond acceptors (Lipinski definition) is 6. The molecule has 1 amide bonds. The lowest BCUT2D eigenvalue weighted by Crippen LogP contribution is -2.31. The Hall–Kier alpha value is -1.73. The second kappa shape index (κ2) is 5.72. The summed E-state index contributed by atoms with van der Waals surface area (Å²) >= 11 is 1.56. The van der Waals surface area contributed by atoms with E-state index in [9.17, 15) is 4.79 Å². The Bertz CT molecular complexity index is 581. The fraction of sp³-hybridized carbons (Fsp3) is 0.462. The fourth-order valence-electron chi connectivity index (χ4n) is 2.25. The summed E-state index contributed by atoms with van der Waals surface area (Å²) in [6.45, 7) is 1.41. The van der Waals surface area contributed by atoms with E-state index < -0.39 is 0 Å². The Morgan fingerprint density at radius 2 is 2.50 bits per heavy atom. The lowest BCUT2D eigenvalue weighted by atomic mass is 10.3. The zero-order chi connectivity index (χ0) is 13.9. The second-order valence-electron chi connectivity index (χ2n) is 4.88. The molecule has 2 aromatic rings. The molecular weight excluding hydrogens is 276 g/mol. The van der Waals surface area contributed by atoms with Gasteiger partial charge in [-0.1, -0.05) is 11.2 Å². The van der Waals surface area contributed by atoms with Crippen LogP contribution in [0.5, 0.6) is 0 Å². The number of amides is 1. The van der Waals surface area contributed by atoms with Crippen LogP contribution in [-0.2, 0) is 11.2 Å². The van der Waals surface area contributed by atoms with E-state index in [1.54, 1.807) is 16.2 Å². The number of nitrogens with two attached hydrogens (primary N) is 1. The largest absolute Gasteiger partial charge is 0.341 e. The molecule has 1 saturated heterocycles. The number of carbonyl (C=O) groups excluding carboxylic acids is 1. The zero-order valence-electron chi connectivity index (χ0n) is 11.0. The standard InChI is InChI=1S/C13H16N4O2S/c14-9-5-6-17(8-9)12(18)4-3-11-15-13(16-19-11)10-2-1-7-20-10/h1-2,7,9H,3-6,8,14H2/t9-/m1/s1. The van der Waals surface area contributed by atoms with Crippen LogP contribution in [0.25, 0.3) is 10.7 Å². The van der Waals surface area contributed by atoms with Gasteiger partial charge in [-0.2, -0.15) is 4.98 Å². The molecule has 20 heavy (non-hydrogen) atoms. The summed E-state index contributed by atoms with van der Waals surface area (Å²) in [5.74, 6) is 1.20. The summed E-state index contributed by atoms with van der Waals surface area (Å²) in [4.78, 5) is 19.1. The third-order valence-corrected chi connectivity index (χ3v) is 4.21. The predicted molar refractivity (Wildman–Crippen MR) is 75.1 cm³/mol. The van der Waals surface area contributed by atoms with E-state index >= 15 is 0 Å². The summed E-state index contributed by atoms with van der Waals surface area (Å²) in [6, 6.07) is 4.00. The van der Waals surface area contributed by atoms with Gasteiger partial charge in [-0.3, -0.25) is 4.79 Å². The van der Waals surface area contributed by atoms with E-state index in [-0.39, 0.29) is 11.9 Å². The van der Waals surface area contributed by atoms with Crippen molar-refractivity contribution in [3.8, 4) is 10.7 Å². The minimum atomic E-state index is 0.105. The van der Waals surface area contributed by atoms with Gasteiger partial charge in [0.05, 0.1) is 4.88 Å². The van der Waals surface area contributed by atoms with Gasteiger partial charge in [0.25, 0.3) is 0 Å². The van der Waals surface area contributed by atoms with Gasteiger partial charge in [0.1, 0.15) is 0 Å². The molecule has 1 aliphatic heterocycles. The van der Waals surface area contributed by atoms with Crippen LogP contribution < -0.4 is 5.73 Å². The molecule has 2 N–H and O–H groups in total. The highest BCUT2D eigenvalue weighted by molar-refractivity contribution is 7.13. The monoisotopic (exact) mass is 292 g/mol. The van der Waals surface area contributed by atoms with Gasteiger partial charge in [0.2, 0.25) is 17.6 Å². The lowest BCUT2D eigenvalue weighted by Gasteiger charge is -2.14. The average Bonchev–Trinajstić information content (AvgIpc) is 3.16. The molecule has 0 aliphatic carbocycles. The first-order chi connectivity index (χ1) is 9.72. The van der Waals surface area contributed by atoms with Gasteiger partial charge in [0, 0.05) is 32.0 Å². The number of carbonyl (C=O) groups is 1. The Balaban J connectivity index is 1.55. The highest BCUT2D eigenvalue weighted by atomic mass is 32.1. The van der Waals surface area contributed by atoms with Crippen molar-refractivity contribution in [2.45, 2.75) is 25.3 Å². The van der Waals surface area contributed by atoms with Crippen LogP contribution in [0, 0.1) is 0 Å². The van der Waals surface area contributed by atoms with Crippen molar-refractivity contribution in [2.75, 3.05) is 13.1 Å². The van der Waals surface area contributed by atoms with Crippen molar-refractivity contribution in [1.82, 2.24) is 15.0 Å². The first-order valence-electron chi connectivity index (χ1n) is 6.62. The Morgan fingerprint density at radius 3 is 3.20 bits per heavy atom. The number of thiophene rings is 1. The van der Waals surface area contributed by atoms with Crippen molar-refractivity contribution in [1.29, 1.82) is 0 Å². The van der Waals surface area contributed by atoms with E-state index in [1.807, 2.05) is 17.5 Å². The van der Waals surface area contributed by atoms with Crippen molar-refractivity contribution >= 4 is 17.2 Å². The molecule has 0 bridgehead atoms. The summed E-state index contributed by atoms with van der Waals surface area (Å²) in [5, 5.41) is 5.89. The molecule has 0 aromatic carbocycles. The Morgan fingerprint density at radius 1 is 1.60 bits per heavy atom. The van der Waals surface area contributed by atoms with Crippen LogP contribution in [0.3, 0.4) is 0 Å². The molecule has 7 heteroatoms. The summed E-state index contributed by atoms with van der Waals surface area (Å²) < 4.78 is 5.17. The van der Waals surface area contributed by atoms with Gasteiger partial charge in [-0.05, 0) is 17.9 Å². The van der Waals surface area contributed by atoms with E-state index in [0.717, 1.165) is 17.8 Å². The van der Waals surface area contributed by atoms with Crippen LogP contribution in [0.4, 0.5) is 0 Å². The van der Waals surface area contributed by atoms with Gasteiger partial charge in [-0.25, -0.2) is 0 Å². The Labute approximate surface area is 120 Å². The van der Waals surface area contributed by atoms with E-state index in [2.05, 4.69) is 10.1 Å². The van der Waals surface area contributed by atoms with Gasteiger partial charge >= 0.3 is 0 Å². The van der Waals surface area contributed by atoms with Crippen molar-refractivity contribution in [2.24, 2.45) is 5.73 Å². The minimum Gasteiger partial charge on any atom is -0.341 e. The van der Waals surface area contributed by atoms with Crippen LogP contribution in [0.2, 0.25) is 0 Å². The normalized spacial score (nSPS) is 18.6. The molecule has 1 atom stereocenters. The van der Waals surface area contributed by atoms with Gasteiger partial charge in [0.15, 0.2) is 0 Å². The number of rotatable bonds is 4. The first kappa shape index (κ1) is 13.3. The highest BCUT2D eigenvalue weighted by Gasteiger charge is 2.23. The topological polar surface area (TPSA) is 85.2 Å². The maximum atomic E-state index is 12.0. The molecule has 0 saturated carbocycles. The second-order valence-corrected chi connectivity index (χ2v) is 5.83. The minimum absolute atomic E-state index is 0.105. The number of nitrogens with zero attached hydrogens (tertiary/aromatic N) is 3. The maximum Gasteiger partial charge on any atom is 0.227 e. The average molecular weight is 292 g/mol. The number of likely N-dealkylation sites (tertiary alicyclic amines) is 1. The molecule has 2 aromatic heterocycles. The lowest BCUT2D eigenvalue weighted by molar-refractivity contribution is -0.130. The highest BCUT2D eigenvalue weighted by Crippen LogP contribution is 2.21. The molecule has 1 fully saturated rings. The van der Waals surface area contributed by atoms with Crippen molar-refractivity contribution in [3.63, 3.8) is 0 Å². The molecule has 106 valence electrons. The first-order valence-corrected chi connectivity index (χ1v) is 7.50. The molecule has 0 unspecified atom stereocenters. The molecule has 0 radical (unpaired) electrons. The maximum absolute atomic E-state index is 12.0. The van der Waals surface area contributed by atoms with E-state index in [0.29, 0.717) is 31.1 Å². The van der Waals surface area contributed by atoms with Gasteiger partial charge in [-0.15, -0.1) is 11.3 Å². The molecule has 3 rings (SSSR count). The summed E-state index contributed by atoms with van der Waals surface area (Å²) in [5.41, 5.74) is 5.79. The number of aromatic nitrogens is 2. The quantitative estimate of drug-likeness (QED) is 0.917. The van der Waals surface area contributed by atoms with Gasteiger partial charge < -0.3 is 15.2 Å². The van der Waals surface area contributed by atoms with E-state index in [1.165, 1.54) is 0 Å². The third kappa shape index (κ3) is 2.88. The fourth-order valence-corrected chi connectivity index (χ4v) is 2.90. The zero-order valence-corrected chi connectivity index (χ0v) is 11.8. The predicted octanol–water partition coefficient (Wildman–Crippen LogP) is 1.29. The third-order valence-electron chi connectivity index (χ3n) is 3.34. The number of aryl methyl sites for hydroxylation is 1. The van der Waals surface area contributed by atoms with Crippen LogP contribution in [0.15, 0.2) is 22.0 Å². The van der Waals surface area contributed by atoms with E-state index in [4.69, 9.17) is 10.3 Å². The van der Waals surface area contributed by atoms with Crippen LogP contribution >= 0.6 is 11.3 Å². The van der Waals surface area contributed by atoms with Crippen molar-refractivity contribution in [3.05, 3.63) is 23.4 Å².